The second-order valence-electron chi connectivity index (χ2n) is 3.18. The molecular formula is C9H8Cl2N4S. The lowest BCUT2D eigenvalue weighted by Gasteiger charge is -2.23. The van der Waals surface area contributed by atoms with Gasteiger partial charge in [0.05, 0.1) is 0 Å². The number of nitrogens with one attached hydrogen (secondary N) is 2. The zero-order chi connectivity index (χ0) is 11.7. The number of aliphatic imine (C=N–C) groups is 1. The molecule has 0 fully saturated rings. The molecule has 0 radical (unpaired) electrons. The smallest absolute Gasteiger partial charge is 0.197 e. The van der Waals surface area contributed by atoms with E-state index in [4.69, 9.17) is 41.2 Å². The van der Waals surface area contributed by atoms with Crippen LogP contribution in [0.15, 0.2) is 23.2 Å². The highest BCUT2D eigenvalue weighted by Crippen LogP contribution is 2.27. The zero-order valence-electron chi connectivity index (χ0n) is 8.00. The highest BCUT2D eigenvalue weighted by Gasteiger charge is 2.19. The van der Waals surface area contributed by atoms with Crippen LogP contribution in [0.2, 0.25) is 10.0 Å². The molecule has 0 saturated heterocycles. The summed E-state index contributed by atoms with van der Waals surface area (Å²) >= 11 is 16.8. The lowest BCUT2D eigenvalue weighted by Crippen LogP contribution is -2.49. The number of guanidine groups is 1. The molecule has 1 unspecified atom stereocenters. The van der Waals surface area contributed by atoms with Gasteiger partial charge in [-0.05, 0) is 24.4 Å². The van der Waals surface area contributed by atoms with E-state index in [9.17, 15) is 0 Å². The number of benzene rings is 1. The quantitative estimate of drug-likeness (QED) is 0.684. The van der Waals surface area contributed by atoms with Gasteiger partial charge in [0.15, 0.2) is 17.2 Å². The number of thiocarbonyl (C=S) groups is 1. The monoisotopic (exact) mass is 274 g/mol. The molecule has 0 aromatic heterocycles. The molecule has 2 rings (SSSR count). The molecule has 1 atom stereocenters. The lowest BCUT2D eigenvalue weighted by atomic mass is 10.1. The van der Waals surface area contributed by atoms with Gasteiger partial charge < -0.3 is 16.4 Å². The van der Waals surface area contributed by atoms with Gasteiger partial charge in [-0.15, -0.1) is 0 Å². The molecule has 4 nitrogen and oxygen atoms in total. The van der Waals surface area contributed by atoms with Crippen molar-refractivity contribution in [2.24, 2.45) is 10.7 Å². The van der Waals surface area contributed by atoms with Crippen molar-refractivity contribution in [3.05, 3.63) is 33.8 Å². The molecule has 84 valence electrons. The van der Waals surface area contributed by atoms with Crippen LogP contribution in [0.1, 0.15) is 11.7 Å². The van der Waals surface area contributed by atoms with E-state index in [-0.39, 0.29) is 12.1 Å². The van der Waals surface area contributed by atoms with E-state index in [2.05, 4.69) is 15.6 Å². The minimum Gasteiger partial charge on any atom is -0.370 e. The van der Waals surface area contributed by atoms with Crippen LogP contribution in [0, 0.1) is 0 Å². The fraction of sp³-hybridized carbons (Fsp3) is 0.111. The summed E-state index contributed by atoms with van der Waals surface area (Å²) in [7, 11) is 0. The maximum absolute atomic E-state index is 6.06. The van der Waals surface area contributed by atoms with Gasteiger partial charge in [-0.1, -0.05) is 29.3 Å². The summed E-state index contributed by atoms with van der Waals surface area (Å²) in [5.41, 5.74) is 6.35. The second-order valence-corrected chi connectivity index (χ2v) is 4.43. The Hall–Kier alpha value is -1.04. The topological polar surface area (TPSA) is 62.4 Å². The first kappa shape index (κ1) is 11.4. The molecule has 0 bridgehead atoms. The van der Waals surface area contributed by atoms with E-state index in [1.54, 1.807) is 18.2 Å². The minimum atomic E-state index is -0.376. The van der Waals surface area contributed by atoms with Crippen LogP contribution in [0.5, 0.6) is 0 Å². The molecule has 0 saturated carbocycles. The van der Waals surface area contributed by atoms with Crippen LogP contribution in [0.25, 0.3) is 0 Å². The molecule has 0 aliphatic carbocycles. The van der Waals surface area contributed by atoms with Crippen molar-refractivity contribution in [1.29, 1.82) is 0 Å². The molecule has 1 aliphatic heterocycles. The van der Waals surface area contributed by atoms with Gasteiger partial charge >= 0.3 is 0 Å². The number of rotatable bonds is 1. The fourth-order valence-corrected chi connectivity index (χ4v) is 2.08. The molecule has 1 aromatic carbocycles. The lowest BCUT2D eigenvalue weighted by molar-refractivity contribution is 0.660. The SMILES string of the molecule is NC1=NC(c2ccc(Cl)cc2Cl)NC(=S)N1. The zero-order valence-corrected chi connectivity index (χ0v) is 10.3. The maximum atomic E-state index is 6.06. The number of hydrogen-bond donors (Lipinski definition) is 3. The first-order valence-corrected chi connectivity index (χ1v) is 5.58. The Balaban J connectivity index is 2.37. The van der Waals surface area contributed by atoms with Gasteiger partial charge in [0.2, 0.25) is 0 Å². The van der Waals surface area contributed by atoms with Gasteiger partial charge in [0, 0.05) is 15.6 Å². The second kappa shape index (κ2) is 4.45. The van der Waals surface area contributed by atoms with Crippen molar-refractivity contribution in [2.45, 2.75) is 6.17 Å². The van der Waals surface area contributed by atoms with E-state index < -0.39 is 0 Å². The summed E-state index contributed by atoms with van der Waals surface area (Å²) in [6, 6.07) is 5.17. The number of hydrogen-bond acceptors (Lipinski definition) is 3. The molecule has 7 heteroatoms. The molecular weight excluding hydrogens is 267 g/mol. The summed E-state index contributed by atoms with van der Waals surface area (Å²) in [6.45, 7) is 0. The third-order valence-corrected chi connectivity index (χ3v) is 2.82. The molecule has 16 heavy (non-hydrogen) atoms. The first-order valence-electron chi connectivity index (χ1n) is 4.42. The molecule has 0 amide bonds. The minimum absolute atomic E-state index is 0.264. The van der Waals surface area contributed by atoms with Crippen LogP contribution >= 0.6 is 35.4 Å². The van der Waals surface area contributed by atoms with E-state index in [0.717, 1.165) is 5.56 Å². The highest BCUT2D eigenvalue weighted by atomic mass is 35.5. The standard InChI is InChI=1S/C9H8Cl2N4S/c10-4-1-2-5(6(11)3-4)7-13-8(12)15-9(16)14-7/h1-3,7H,(H4,12,13,14,15,16). The Bertz CT molecular complexity index is 475. The molecule has 1 aromatic rings. The number of halogens is 2. The van der Waals surface area contributed by atoms with Gasteiger partial charge in [-0.25, -0.2) is 4.99 Å². The summed E-state index contributed by atoms with van der Waals surface area (Å²) in [5, 5.41) is 7.15. The van der Waals surface area contributed by atoms with Crippen molar-refractivity contribution in [3.8, 4) is 0 Å². The Kier molecular flexibility index (Phi) is 3.18. The van der Waals surface area contributed by atoms with E-state index in [0.29, 0.717) is 15.2 Å². The van der Waals surface area contributed by atoms with Crippen LogP contribution in [0.4, 0.5) is 0 Å². The van der Waals surface area contributed by atoms with Gasteiger partial charge in [-0.3, -0.25) is 0 Å². The number of nitrogens with zero attached hydrogens (tertiary/aromatic N) is 1. The molecule has 0 spiro atoms. The first-order chi connectivity index (χ1) is 7.56. The molecule has 1 heterocycles. The van der Waals surface area contributed by atoms with Gasteiger partial charge in [0.25, 0.3) is 0 Å². The van der Waals surface area contributed by atoms with Crippen LogP contribution in [-0.2, 0) is 0 Å². The predicted molar refractivity (Wildman–Crippen MR) is 69.7 cm³/mol. The van der Waals surface area contributed by atoms with Crippen molar-refractivity contribution in [3.63, 3.8) is 0 Å². The Morgan fingerprint density at radius 3 is 2.75 bits per heavy atom. The molecule has 4 N–H and O–H groups in total. The maximum Gasteiger partial charge on any atom is 0.197 e. The van der Waals surface area contributed by atoms with E-state index in [1.165, 1.54) is 0 Å². The fourth-order valence-electron chi connectivity index (χ4n) is 1.35. The summed E-state index contributed by atoms with van der Waals surface area (Å²) in [6.07, 6.45) is -0.376. The third kappa shape index (κ3) is 2.37. The van der Waals surface area contributed by atoms with E-state index in [1.807, 2.05) is 0 Å². The van der Waals surface area contributed by atoms with Crippen LogP contribution in [-0.4, -0.2) is 11.1 Å². The number of nitrogens with two attached hydrogens (primary N) is 1. The Morgan fingerprint density at radius 1 is 1.38 bits per heavy atom. The Labute approximate surface area is 108 Å². The average molecular weight is 275 g/mol. The predicted octanol–water partition coefficient (Wildman–Crippen LogP) is 1.78. The Morgan fingerprint density at radius 2 is 2.12 bits per heavy atom. The normalized spacial score (nSPS) is 19.8. The van der Waals surface area contributed by atoms with Crippen molar-refractivity contribution in [1.82, 2.24) is 10.6 Å². The van der Waals surface area contributed by atoms with Crippen LogP contribution < -0.4 is 16.4 Å². The van der Waals surface area contributed by atoms with Crippen molar-refractivity contribution in [2.75, 3.05) is 0 Å². The van der Waals surface area contributed by atoms with Crippen molar-refractivity contribution >= 4 is 46.5 Å². The summed E-state index contributed by atoms with van der Waals surface area (Å²) in [5.74, 6) is 0.264. The van der Waals surface area contributed by atoms with E-state index >= 15 is 0 Å². The van der Waals surface area contributed by atoms with Crippen molar-refractivity contribution < 1.29 is 0 Å². The summed E-state index contributed by atoms with van der Waals surface area (Å²) < 4.78 is 0. The van der Waals surface area contributed by atoms with Crippen LogP contribution in [0.3, 0.4) is 0 Å². The summed E-state index contributed by atoms with van der Waals surface area (Å²) in [4.78, 5) is 4.15. The largest absolute Gasteiger partial charge is 0.370 e. The van der Waals surface area contributed by atoms with Gasteiger partial charge in [-0.2, -0.15) is 0 Å². The highest BCUT2D eigenvalue weighted by molar-refractivity contribution is 7.80. The average Bonchev–Trinajstić information content (AvgIpc) is 2.15. The molecule has 1 aliphatic rings. The third-order valence-electron chi connectivity index (χ3n) is 2.03. The van der Waals surface area contributed by atoms with Gasteiger partial charge in [0.1, 0.15) is 0 Å².